The minimum absolute atomic E-state index is 0.200. The summed E-state index contributed by atoms with van der Waals surface area (Å²) < 4.78 is 1.86. The zero-order valence-electron chi connectivity index (χ0n) is 9.12. The number of aromatic nitrogens is 2. The molecule has 0 aliphatic heterocycles. The van der Waals surface area contributed by atoms with Crippen molar-refractivity contribution in [2.24, 2.45) is 7.05 Å². The third kappa shape index (κ3) is 2.33. The molecule has 0 aromatic carbocycles. The number of rotatable bonds is 5. The van der Waals surface area contributed by atoms with Gasteiger partial charge >= 0.3 is 0 Å². The van der Waals surface area contributed by atoms with Gasteiger partial charge in [0.1, 0.15) is 0 Å². The first-order valence-electron chi connectivity index (χ1n) is 5.03. The Labute approximate surface area is 84.9 Å². The Morgan fingerprint density at radius 3 is 2.79 bits per heavy atom. The van der Waals surface area contributed by atoms with Crippen LogP contribution >= 0.6 is 0 Å². The first-order chi connectivity index (χ1) is 6.70. The van der Waals surface area contributed by atoms with E-state index in [4.69, 9.17) is 5.11 Å². The van der Waals surface area contributed by atoms with E-state index in [1.54, 1.807) is 0 Å². The molecule has 4 nitrogen and oxygen atoms in total. The third-order valence-corrected chi connectivity index (χ3v) is 2.52. The average molecular weight is 197 g/mol. The van der Waals surface area contributed by atoms with E-state index in [0.717, 1.165) is 18.7 Å². The fourth-order valence-electron chi connectivity index (χ4n) is 1.60. The molecule has 14 heavy (non-hydrogen) atoms. The molecule has 2 N–H and O–H groups in total. The van der Waals surface area contributed by atoms with E-state index in [0.29, 0.717) is 0 Å². The first kappa shape index (κ1) is 11.2. The molecule has 0 aliphatic rings. The van der Waals surface area contributed by atoms with Crippen molar-refractivity contribution in [1.82, 2.24) is 15.1 Å². The van der Waals surface area contributed by atoms with E-state index < -0.39 is 0 Å². The molecule has 0 amide bonds. The van der Waals surface area contributed by atoms with E-state index in [1.165, 1.54) is 5.56 Å². The van der Waals surface area contributed by atoms with Gasteiger partial charge in [-0.25, -0.2) is 0 Å². The fraction of sp³-hybridized carbons (Fsp3) is 0.700. The first-order valence-corrected chi connectivity index (χ1v) is 5.03. The maximum Gasteiger partial charge on any atom is 0.0540 e. The second-order valence-corrected chi connectivity index (χ2v) is 3.43. The van der Waals surface area contributed by atoms with Gasteiger partial charge < -0.3 is 10.4 Å². The maximum atomic E-state index is 8.96. The molecule has 0 aliphatic carbocycles. The Bertz CT molecular complexity index is 277. The summed E-state index contributed by atoms with van der Waals surface area (Å²) in [6.45, 7) is 5.21. The number of nitrogens with one attached hydrogen (secondary N) is 1. The number of hydrogen-bond acceptors (Lipinski definition) is 3. The number of aliphatic hydroxyl groups is 1. The van der Waals surface area contributed by atoms with Gasteiger partial charge in [0, 0.05) is 31.0 Å². The van der Waals surface area contributed by atoms with E-state index in [-0.39, 0.29) is 12.6 Å². The minimum Gasteiger partial charge on any atom is -0.396 e. The van der Waals surface area contributed by atoms with Crippen LogP contribution in [0.25, 0.3) is 0 Å². The molecule has 0 spiro atoms. The highest BCUT2D eigenvalue weighted by atomic mass is 16.3. The van der Waals surface area contributed by atoms with Crippen LogP contribution in [0.3, 0.4) is 0 Å². The van der Waals surface area contributed by atoms with Gasteiger partial charge in [0.15, 0.2) is 0 Å². The maximum absolute atomic E-state index is 8.96. The summed E-state index contributed by atoms with van der Waals surface area (Å²) in [6.07, 6.45) is 2.61. The van der Waals surface area contributed by atoms with Crippen molar-refractivity contribution < 1.29 is 5.11 Å². The zero-order valence-corrected chi connectivity index (χ0v) is 9.12. The van der Waals surface area contributed by atoms with Gasteiger partial charge in [0.25, 0.3) is 0 Å². The van der Waals surface area contributed by atoms with Crippen molar-refractivity contribution >= 4 is 0 Å². The summed E-state index contributed by atoms with van der Waals surface area (Å²) in [4.78, 5) is 0. The normalized spacial score (nSPS) is 13.1. The van der Waals surface area contributed by atoms with Crippen LogP contribution in [-0.4, -0.2) is 28.0 Å². The van der Waals surface area contributed by atoms with E-state index in [9.17, 15) is 0 Å². The smallest absolute Gasteiger partial charge is 0.0540 e. The van der Waals surface area contributed by atoms with Crippen LogP contribution in [-0.2, 0) is 7.05 Å². The van der Waals surface area contributed by atoms with Crippen LogP contribution in [0.5, 0.6) is 0 Å². The highest BCUT2D eigenvalue weighted by Crippen LogP contribution is 2.19. The van der Waals surface area contributed by atoms with Crippen molar-refractivity contribution in [2.45, 2.75) is 26.3 Å². The molecule has 1 atom stereocenters. The summed E-state index contributed by atoms with van der Waals surface area (Å²) in [6, 6.07) is 0.221. The average Bonchev–Trinajstić information content (AvgIpc) is 2.48. The third-order valence-electron chi connectivity index (χ3n) is 2.52. The topological polar surface area (TPSA) is 50.1 Å². The molecule has 0 radical (unpaired) electrons. The van der Waals surface area contributed by atoms with Crippen molar-refractivity contribution in [3.8, 4) is 0 Å². The molecule has 4 heteroatoms. The van der Waals surface area contributed by atoms with Gasteiger partial charge in [-0.05, 0) is 19.9 Å². The molecular formula is C10H19N3O. The van der Waals surface area contributed by atoms with Gasteiger partial charge in [-0.3, -0.25) is 4.68 Å². The second kappa shape index (κ2) is 5.12. The zero-order chi connectivity index (χ0) is 10.6. The SMILES string of the molecule is CCNC(CCO)c1cnn(C)c1C. The molecule has 0 saturated carbocycles. The molecule has 0 fully saturated rings. The number of aliphatic hydroxyl groups excluding tert-OH is 1. The predicted molar refractivity (Wildman–Crippen MR) is 56.1 cm³/mol. The lowest BCUT2D eigenvalue weighted by atomic mass is 10.1. The van der Waals surface area contributed by atoms with Crippen LogP contribution < -0.4 is 5.32 Å². The largest absolute Gasteiger partial charge is 0.396 e. The summed E-state index contributed by atoms with van der Waals surface area (Å²) in [7, 11) is 1.93. The molecule has 0 bridgehead atoms. The quantitative estimate of drug-likeness (QED) is 0.732. The Kier molecular flexibility index (Phi) is 4.10. The van der Waals surface area contributed by atoms with Gasteiger partial charge in [-0.2, -0.15) is 5.10 Å². The minimum atomic E-state index is 0.200. The monoisotopic (exact) mass is 197 g/mol. The van der Waals surface area contributed by atoms with Gasteiger partial charge in [0.2, 0.25) is 0 Å². The highest BCUT2D eigenvalue weighted by Gasteiger charge is 2.14. The number of aryl methyl sites for hydroxylation is 1. The van der Waals surface area contributed by atoms with E-state index in [1.807, 2.05) is 24.9 Å². The van der Waals surface area contributed by atoms with E-state index >= 15 is 0 Å². The molecule has 1 rings (SSSR count). The van der Waals surface area contributed by atoms with Crippen molar-refractivity contribution in [2.75, 3.05) is 13.2 Å². The van der Waals surface area contributed by atoms with Crippen LogP contribution in [0.15, 0.2) is 6.20 Å². The summed E-state index contributed by atoms with van der Waals surface area (Å²) in [5.74, 6) is 0. The molecule has 0 saturated heterocycles. The Morgan fingerprint density at radius 1 is 1.64 bits per heavy atom. The lowest BCUT2D eigenvalue weighted by Gasteiger charge is -2.16. The molecule has 1 unspecified atom stereocenters. The van der Waals surface area contributed by atoms with Gasteiger partial charge in [-0.15, -0.1) is 0 Å². The molecule has 1 heterocycles. The van der Waals surface area contributed by atoms with Gasteiger partial charge in [0.05, 0.1) is 6.20 Å². The van der Waals surface area contributed by atoms with Crippen LogP contribution in [0.2, 0.25) is 0 Å². The molecule has 1 aromatic heterocycles. The number of nitrogens with zero attached hydrogens (tertiary/aromatic N) is 2. The van der Waals surface area contributed by atoms with E-state index in [2.05, 4.69) is 17.3 Å². The van der Waals surface area contributed by atoms with Crippen LogP contribution in [0, 0.1) is 6.92 Å². The lowest BCUT2D eigenvalue weighted by molar-refractivity contribution is 0.266. The second-order valence-electron chi connectivity index (χ2n) is 3.43. The van der Waals surface area contributed by atoms with Crippen molar-refractivity contribution in [1.29, 1.82) is 0 Å². The van der Waals surface area contributed by atoms with Gasteiger partial charge in [-0.1, -0.05) is 6.92 Å². The van der Waals surface area contributed by atoms with Crippen molar-refractivity contribution in [3.05, 3.63) is 17.5 Å². The standard InChI is InChI=1S/C10H19N3O/c1-4-11-10(5-6-14)9-7-12-13(3)8(9)2/h7,10-11,14H,4-6H2,1-3H3. The Morgan fingerprint density at radius 2 is 2.36 bits per heavy atom. The predicted octanol–water partition coefficient (Wildman–Crippen LogP) is 0.762. The molecule has 80 valence electrons. The lowest BCUT2D eigenvalue weighted by Crippen LogP contribution is -2.22. The highest BCUT2D eigenvalue weighted by molar-refractivity contribution is 5.20. The summed E-state index contributed by atoms with van der Waals surface area (Å²) in [5, 5.41) is 16.5. The summed E-state index contributed by atoms with van der Waals surface area (Å²) >= 11 is 0. The van der Waals surface area contributed by atoms with Crippen LogP contribution in [0.1, 0.15) is 30.6 Å². The number of hydrogen-bond donors (Lipinski definition) is 2. The van der Waals surface area contributed by atoms with Crippen molar-refractivity contribution in [3.63, 3.8) is 0 Å². The van der Waals surface area contributed by atoms with Crippen LogP contribution in [0.4, 0.5) is 0 Å². The summed E-state index contributed by atoms with van der Waals surface area (Å²) in [5.41, 5.74) is 2.34. The molecule has 1 aromatic rings. The Balaban J connectivity index is 2.81. The fourth-order valence-corrected chi connectivity index (χ4v) is 1.60. The Hall–Kier alpha value is -0.870. The molecular weight excluding hydrogens is 178 g/mol.